The standard InChI is InChI=1S/C12H22N2O2/c1-3-16-11(15)12(13-2)7-9-14-8-5-4-6-10(12)14/h10,13H,3-9H2,1-2H3. The molecule has 0 radical (unpaired) electrons. The predicted molar refractivity (Wildman–Crippen MR) is 62.3 cm³/mol. The van der Waals surface area contributed by atoms with Gasteiger partial charge in [-0.1, -0.05) is 6.42 Å². The van der Waals surface area contributed by atoms with Crippen LogP contribution < -0.4 is 5.32 Å². The Labute approximate surface area is 97.3 Å². The molecule has 2 rings (SSSR count). The number of ether oxygens (including phenoxy) is 1. The number of esters is 1. The van der Waals surface area contributed by atoms with Crippen molar-refractivity contribution in [3.05, 3.63) is 0 Å². The van der Waals surface area contributed by atoms with E-state index in [9.17, 15) is 4.79 Å². The topological polar surface area (TPSA) is 41.6 Å². The fourth-order valence-corrected chi connectivity index (χ4v) is 3.19. The van der Waals surface area contributed by atoms with Gasteiger partial charge in [0.1, 0.15) is 5.54 Å². The van der Waals surface area contributed by atoms with Crippen LogP contribution >= 0.6 is 0 Å². The molecule has 0 aromatic carbocycles. The largest absolute Gasteiger partial charge is 0.465 e. The summed E-state index contributed by atoms with van der Waals surface area (Å²) in [6, 6.07) is 0.338. The molecular weight excluding hydrogens is 204 g/mol. The SMILES string of the molecule is CCOC(=O)C1(NC)CCN2CCCCC21. The third kappa shape index (κ3) is 1.74. The average molecular weight is 226 g/mol. The molecule has 0 spiro atoms. The number of hydrogen-bond donors (Lipinski definition) is 1. The number of piperidine rings is 1. The number of fused-ring (bicyclic) bond motifs is 1. The van der Waals surface area contributed by atoms with Crippen molar-refractivity contribution in [2.75, 3.05) is 26.7 Å². The molecule has 0 aromatic rings. The second kappa shape index (κ2) is 4.72. The van der Waals surface area contributed by atoms with Gasteiger partial charge in [-0.25, -0.2) is 4.79 Å². The van der Waals surface area contributed by atoms with E-state index in [-0.39, 0.29) is 5.97 Å². The lowest BCUT2D eigenvalue weighted by Gasteiger charge is -2.38. The zero-order chi connectivity index (χ0) is 11.6. The summed E-state index contributed by atoms with van der Waals surface area (Å²) in [6.45, 7) is 4.49. The molecule has 1 N–H and O–H groups in total. The van der Waals surface area contributed by atoms with Crippen molar-refractivity contribution in [3.63, 3.8) is 0 Å². The highest BCUT2D eigenvalue weighted by Crippen LogP contribution is 2.35. The van der Waals surface area contributed by atoms with E-state index in [0.717, 1.165) is 25.9 Å². The monoisotopic (exact) mass is 226 g/mol. The first-order valence-corrected chi connectivity index (χ1v) is 6.35. The average Bonchev–Trinajstić information content (AvgIpc) is 2.69. The number of hydrogen-bond acceptors (Lipinski definition) is 4. The van der Waals surface area contributed by atoms with Gasteiger partial charge in [0.25, 0.3) is 0 Å². The minimum atomic E-state index is -0.448. The number of nitrogens with zero attached hydrogens (tertiary/aromatic N) is 1. The van der Waals surface area contributed by atoms with Crippen LogP contribution in [-0.4, -0.2) is 49.2 Å². The van der Waals surface area contributed by atoms with Crippen molar-refractivity contribution in [2.24, 2.45) is 0 Å². The van der Waals surface area contributed by atoms with Gasteiger partial charge in [-0.2, -0.15) is 0 Å². The lowest BCUT2D eigenvalue weighted by Crippen LogP contribution is -2.60. The van der Waals surface area contributed by atoms with E-state index in [4.69, 9.17) is 4.74 Å². The van der Waals surface area contributed by atoms with Crippen molar-refractivity contribution in [2.45, 2.75) is 44.2 Å². The van der Waals surface area contributed by atoms with Gasteiger partial charge in [-0.15, -0.1) is 0 Å². The van der Waals surface area contributed by atoms with Crippen molar-refractivity contribution in [1.29, 1.82) is 0 Å². The fourth-order valence-electron chi connectivity index (χ4n) is 3.19. The van der Waals surface area contributed by atoms with Crippen LogP contribution in [0.3, 0.4) is 0 Å². The second-order valence-electron chi connectivity index (χ2n) is 4.74. The second-order valence-corrected chi connectivity index (χ2v) is 4.74. The normalized spacial score (nSPS) is 34.8. The number of carbonyl (C=O) groups excluding carboxylic acids is 1. The molecule has 2 unspecified atom stereocenters. The van der Waals surface area contributed by atoms with E-state index < -0.39 is 5.54 Å². The summed E-state index contributed by atoms with van der Waals surface area (Å²) < 4.78 is 5.24. The number of carbonyl (C=O) groups is 1. The molecule has 2 aliphatic heterocycles. The molecule has 0 saturated carbocycles. The van der Waals surface area contributed by atoms with E-state index >= 15 is 0 Å². The minimum Gasteiger partial charge on any atom is -0.465 e. The molecule has 4 heteroatoms. The summed E-state index contributed by atoms with van der Waals surface area (Å²) in [5.41, 5.74) is -0.448. The third-order valence-corrected chi connectivity index (χ3v) is 4.06. The van der Waals surface area contributed by atoms with Crippen LogP contribution in [0.5, 0.6) is 0 Å². The molecule has 0 amide bonds. The number of rotatable bonds is 3. The maximum atomic E-state index is 12.1. The Morgan fingerprint density at radius 2 is 2.31 bits per heavy atom. The zero-order valence-corrected chi connectivity index (χ0v) is 10.3. The molecule has 0 aromatic heterocycles. The summed E-state index contributed by atoms with van der Waals surface area (Å²) in [7, 11) is 1.88. The number of nitrogens with one attached hydrogen (secondary N) is 1. The van der Waals surface area contributed by atoms with Crippen molar-refractivity contribution >= 4 is 5.97 Å². The van der Waals surface area contributed by atoms with Crippen LogP contribution in [0.25, 0.3) is 0 Å². The van der Waals surface area contributed by atoms with E-state index in [1.807, 2.05) is 14.0 Å². The van der Waals surface area contributed by atoms with Crippen LogP contribution in [0.2, 0.25) is 0 Å². The first-order chi connectivity index (χ1) is 7.74. The van der Waals surface area contributed by atoms with Gasteiger partial charge in [-0.05, 0) is 39.8 Å². The Morgan fingerprint density at radius 3 is 3.00 bits per heavy atom. The van der Waals surface area contributed by atoms with Crippen molar-refractivity contribution in [3.8, 4) is 0 Å². The van der Waals surface area contributed by atoms with Crippen LogP contribution in [-0.2, 0) is 9.53 Å². The highest BCUT2D eigenvalue weighted by Gasteiger charge is 2.53. The van der Waals surface area contributed by atoms with E-state index in [1.54, 1.807) is 0 Å². The molecule has 0 aliphatic carbocycles. The zero-order valence-electron chi connectivity index (χ0n) is 10.3. The fraction of sp³-hybridized carbons (Fsp3) is 0.917. The Kier molecular flexibility index (Phi) is 3.50. The molecule has 2 fully saturated rings. The van der Waals surface area contributed by atoms with Crippen LogP contribution in [0.15, 0.2) is 0 Å². The summed E-state index contributed by atoms with van der Waals surface area (Å²) in [5.74, 6) is -0.0631. The molecule has 92 valence electrons. The maximum Gasteiger partial charge on any atom is 0.328 e. The molecule has 2 aliphatic rings. The molecule has 2 saturated heterocycles. The quantitative estimate of drug-likeness (QED) is 0.722. The minimum absolute atomic E-state index is 0.0631. The van der Waals surface area contributed by atoms with E-state index in [1.165, 1.54) is 12.8 Å². The number of likely N-dealkylation sites (N-methyl/N-ethyl adjacent to an activating group) is 1. The Hall–Kier alpha value is -0.610. The van der Waals surface area contributed by atoms with Gasteiger partial charge in [0.15, 0.2) is 0 Å². The summed E-state index contributed by atoms with van der Waals surface area (Å²) in [6.07, 6.45) is 4.48. The molecule has 2 atom stereocenters. The van der Waals surface area contributed by atoms with Gasteiger partial charge >= 0.3 is 5.97 Å². The predicted octanol–water partition coefficient (Wildman–Crippen LogP) is 0.766. The first-order valence-electron chi connectivity index (χ1n) is 6.35. The van der Waals surface area contributed by atoms with Gasteiger partial charge in [-0.3, -0.25) is 4.90 Å². The molecule has 0 bridgehead atoms. The highest BCUT2D eigenvalue weighted by molar-refractivity contribution is 5.82. The summed E-state index contributed by atoms with van der Waals surface area (Å²) >= 11 is 0. The van der Waals surface area contributed by atoms with Crippen LogP contribution in [0.1, 0.15) is 32.6 Å². The third-order valence-electron chi connectivity index (χ3n) is 4.06. The van der Waals surface area contributed by atoms with Crippen molar-refractivity contribution in [1.82, 2.24) is 10.2 Å². The molecule has 2 heterocycles. The van der Waals surface area contributed by atoms with Crippen LogP contribution in [0, 0.1) is 0 Å². The summed E-state index contributed by atoms with van der Waals surface area (Å²) in [5, 5.41) is 3.24. The Bertz CT molecular complexity index is 270. The van der Waals surface area contributed by atoms with Gasteiger partial charge < -0.3 is 10.1 Å². The Morgan fingerprint density at radius 1 is 1.50 bits per heavy atom. The molecule has 4 nitrogen and oxygen atoms in total. The van der Waals surface area contributed by atoms with E-state index in [2.05, 4.69) is 10.2 Å². The maximum absolute atomic E-state index is 12.1. The van der Waals surface area contributed by atoms with Gasteiger partial charge in [0.05, 0.1) is 6.61 Å². The van der Waals surface area contributed by atoms with Gasteiger partial charge in [0, 0.05) is 12.6 Å². The van der Waals surface area contributed by atoms with E-state index in [0.29, 0.717) is 12.6 Å². The lowest BCUT2D eigenvalue weighted by atomic mass is 9.85. The molecular formula is C12H22N2O2. The lowest BCUT2D eigenvalue weighted by molar-refractivity contribution is -0.152. The van der Waals surface area contributed by atoms with Crippen LogP contribution in [0.4, 0.5) is 0 Å². The smallest absolute Gasteiger partial charge is 0.328 e. The molecule has 16 heavy (non-hydrogen) atoms. The first kappa shape index (κ1) is 11.9. The Balaban J connectivity index is 2.17. The van der Waals surface area contributed by atoms with Crippen molar-refractivity contribution < 1.29 is 9.53 Å². The summed E-state index contributed by atoms with van der Waals surface area (Å²) in [4.78, 5) is 14.6. The van der Waals surface area contributed by atoms with Gasteiger partial charge in [0.2, 0.25) is 0 Å². The highest BCUT2D eigenvalue weighted by atomic mass is 16.5.